The fourth-order valence-electron chi connectivity index (χ4n) is 1.39. The number of hydrogen-bond donors (Lipinski definition) is 0. The Morgan fingerprint density at radius 1 is 1.13 bits per heavy atom. The van der Waals surface area contributed by atoms with Crippen molar-refractivity contribution in [1.29, 1.82) is 0 Å². The highest BCUT2D eigenvalue weighted by Gasteiger charge is 2.45. The van der Waals surface area contributed by atoms with Crippen molar-refractivity contribution < 1.29 is 19.2 Å². The highest BCUT2D eigenvalue weighted by Crippen LogP contribution is 2.16. The summed E-state index contributed by atoms with van der Waals surface area (Å²) in [5, 5.41) is 0. The first-order valence-electron chi connectivity index (χ1n) is 4.53. The molecule has 1 rings (SSSR count). The lowest BCUT2D eigenvalue weighted by atomic mass is 9.97. The molecule has 0 spiro atoms. The van der Waals surface area contributed by atoms with E-state index in [9.17, 15) is 19.2 Å². The lowest BCUT2D eigenvalue weighted by Crippen LogP contribution is -2.58. The maximum Gasteiger partial charge on any atom is 0.332 e. The lowest BCUT2D eigenvalue weighted by Gasteiger charge is -2.31. The van der Waals surface area contributed by atoms with Gasteiger partial charge in [0.15, 0.2) is 11.7 Å². The molecule has 6 heteroatoms. The smallest absolute Gasteiger partial charge is 0.298 e. The molecule has 15 heavy (non-hydrogen) atoms. The van der Waals surface area contributed by atoms with E-state index >= 15 is 0 Å². The van der Waals surface area contributed by atoms with E-state index in [0.717, 1.165) is 9.80 Å². The first kappa shape index (κ1) is 11.4. The van der Waals surface area contributed by atoms with Gasteiger partial charge < -0.3 is 0 Å². The summed E-state index contributed by atoms with van der Waals surface area (Å²) >= 11 is 0. The van der Waals surface area contributed by atoms with Gasteiger partial charge in [-0.05, 0) is 0 Å². The third-order valence-corrected chi connectivity index (χ3v) is 2.40. The molecule has 0 aromatic heterocycles. The van der Waals surface area contributed by atoms with Crippen LogP contribution >= 0.6 is 0 Å². The fourth-order valence-corrected chi connectivity index (χ4v) is 1.39. The highest BCUT2D eigenvalue weighted by atomic mass is 16.2. The normalized spacial score (nSPS) is 18.7. The molecule has 1 fully saturated rings. The average Bonchev–Trinajstić information content (AvgIpc) is 2.23. The monoisotopic (exact) mass is 212 g/mol. The minimum absolute atomic E-state index is 0.0953. The van der Waals surface area contributed by atoms with Gasteiger partial charge in [0.25, 0.3) is 11.8 Å². The Morgan fingerprint density at radius 3 is 1.87 bits per heavy atom. The molecule has 1 aliphatic heterocycles. The summed E-state index contributed by atoms with van der Waals surface area (Å²) in [7, 11) is 2.51. The number of hydrogen-bond acceptors (Lipinski definition) is 4. The van der Waals surface area contributed by atoms with E-state index in [-0.39, 0.29) is 6.42 Å². The Hall–Kier alpha value is -1.72. The Morgan fingerprint density at radius 2 is 1.53 bits per heavy atom. The molecule has 0 bridgehead atoms. The zero-order valence-electron chi connectivity index (χ0n) is 8.81. The van der Waals surface area contributed by atoms with E-state index in [1.807, 2.05) is 0 Å². The molecule has 0 saturated carbocycles. The minimum Gasteiger partial charge on any atom is -0.298 e. The topological polar surface area (TPSA) is 74.8 Å². The number of rotatable bonds is 2. The fraction of sp³-hybridized carbons (Fsp3) is 0.556. The largest absolute Gasteiger partial charge is 0.332 e. The van der Waals surface area contributed by atoms with Crippen molar-refractivity contribution >= 4 is 23.6 Å². The second-order valence-corrected chi connectivity index (χ2v) is 3.33. The molecular weight excluding hydrogens is 200 g/mol. The lowest BCUT2D eigenvalue weighted by molar-refractivity contribution is -0.151. The molecule has 6 nitrogen and oxygen atoms in total. The molecule has 0 aromatic carbocycles. The number of nitrogens with zero attached hydrogens (tertiary/aromatic N) is 2. The van der Waals surface area contributed by atoms with E-state index < -0.39 is 29.5 Å². The number of imide groups is 2. The van der Waals surface area contributed by atoms with Gasteiger partial charge >= 0.3 is 6.03 Å². The van der Waals surface area contributed by atoms with Gasteiger partial charge in [-0.25, -0.2) is 4.79 Å². The summed E-state index contributed by atoms with van der Waals surface area (Å²) in [4.78, 5) is 47.3. The standard InChI is InChI=1S/C9H12N2O4/c1-4-5(12)6-7(13)10(2)9(15)11(3)8(6)14/h6H,4H2,1-3H3. The molecule has 1 saturated heterocycles. The van der Waals surface area contributed by atoms with E-state index in [1.54, 1.807) is 6.92 Å². The van der Waals surface area contributed by atoms with Crippen LogP contribution in [0.25, 0.3) is 0 Å². The minimum atomic E-state index is -1.34. The number of Topliss-reactive ketones (excluding diaryl/α,β-unsaturated/α-hetero) is 1. The summed E-state index contributed by atoms with van der Waals surface area (Å²) in [5.74, 6) is -3.29. The van der Waals surface area contributed by atoms with E-state index in [2.05, 4.69) is 0 Å². The van der Waals surface area contributed by atoms with Crippen LogP contribution in [0.1, 0.15) is 13.3 Å². The Bertz CT molecular complexity index is 326. The van der Waals surface area contributed by atoms with Crippen molar-refractivity contribution in [2.45, 2.75) is 13.3 Å². The summed E-state index contributed by atoms with van der Waals surface area (Å²) in [5.41, 5.74) is 0. The average molecular weight is 212 g/mol. The molecule has 1 aliphatic rings. The van der Waals surface area contributed by atoms with Gasteiger partial charge in [-0.1, -0.05) is 6.92 Å². The summed E-state index contributed by atoms with van der Waals surface area (Å²) in [6, 6.07) is -0.704. The van der Waals surface area contributed by atoms with Crippen LogP contribution < -0.4 is 0 Å². The van der Waals surface area contributed by atoms with Gasteiger partial charge in [0.1, 0.15) is 0 Å². The first-order valence-corrected chi connectivity index (χ1v) is 4.53. The van der Waals surface area contributed by atoms with Crippen molar-refractivity contribution in [1.82, 2.24) is 9.80 Å². The second-order valence-electron chi connectivity index (χ2n) is 3.33. The molecule has 82 valence electrons. The zero-order valence-corrected chi connectivity index (χ0v) is 8.81. The van der Waals surface area contributed by atoms with Crippen LogP contribution in [-0.4, -0.2) is 47.5 Å². The predicted molar refractivity (Wildman–Crippen MR) is 49.7 cm³/mol. The molecule has 4 amide bonds. The maximum absolute atomic E-state index is 11.5. The molecular formula is C9H12N2O4. The van der Waals surface area contributed by atoms with Crippen LogP contribution in [0.15, 0.2) is 0 Å². The first-order chi connectivity index (χ1) is 6.91. The molecule has 0 N–H and O–H groups in total. The summed E-state index contributed by atoms with van der Waals surface area (Å²) in [6.07, 6.45) is 0.0953. The number of urea groups is 1. The van der Waals surface area contributed by atoms with Crippen molar-refractivity contribution in [2.24, 2.45) is 5.92 Å². The van der Waals surface area contributed by atoms with Crippen LogP contribution in [0.3, 0.4) is 0 Å². The number of carbonyl (C=O) groups is 4. The van der Waals surface area contributed by atoms with Crippen molar-refractivity contribution in [3.63, 3.8) is 0 Å². The van der Waals surface area contributed by atoms with E-state index in [4.69, 9.17) is 0 Å². The Balaban J connectivity index is 3.08. The van der Waals surface area contributed by atoms with Gasteiger partial charge in [-0.15, -0.1) is 0 Å². The van der Waals surface area contributed by atoms with Crippen LogP contribution in [0.5, 0.6) is 0 Å². The SMILES string of the molecule is CCC(=O)C1C(=O)N(C)C(=O)N(C)C1=O. The van der Waals surface area contributed by atoms with Crippen LogP contribution in [0.2, 0.25) is 0 Å². The zero-order chi connectivity index (χ0) is 11.7. The molecule has 0 unspecified atom stereocenters. The van der Waals surface area contributed by atoms with Gasteiger partial charge in [-0.3, -0.25) is 24.2 Å². The van der Waals surface area contributed by atoms with Gasteiger partial charge in [0.2, 0.25) is 0 Å². The van der Waals surface area contributed by atoms with E-state index in [1.165, 1.54) is 14.1 Å². The Labute approximate surface area is 86.8 Å². The second kappa shape index (κ2) is 3.80. The molecule has 0 aliphatic carbocycles. The molecule has 0 aromatic rings. The summed E-state index contributed by atoms with van der Waals surface area (Å²) < 4.78 is 0. The predicted octanol–water partition coefficient (Wildman–Crippen LogP) is -0.368. The van der Waals surface area contributed by atoms with E-state index in [0.29, 0.717) is 0 Å². The molecule has 0 radical (unpaired) electrons. The quantitative estimate of drug-likeness (QED) is 0.585. The Kier molecular flexibility index (Phi) is 2.88. The van der Waals surface area contributed by atoms with Gasteiger partial charge in [0, 0.05) is 20.5 Å². The third kappa shape index (κ3) is 1.62. The van der Waals surface area contributed by atoms with Crippen molar-refractivity contribution in [2.75, 3.05) is 14.1 Å². The van der Waals surface area contributed by atoms with Gasteiger partial charge in [-0.2, -0.15) is 0 Å². The van der Waals surface area contributed by atoms with Gasteiger partial charge in [0.05, 0.1) is 0 Å². The van der Waals surface area contributed by atoms with Crippen LogP contribution in [0, 0.1) is 5.92 Å². The van der Waals surface area contributed by atoms with Crippen LogP contribution in [0.4, 0.5) is 4.79 Å². The van der Waals surface area contributed by atoms with Crippen molar-refractivity contribution in [3.05, 3.63) is 0 Å². The maximum atomic E-state index is 11.5. The molecule has 0 atom stereocenters. The summed E-state index contributed by atoms with van der Waals surface area (Å²) in [6.45, 7) is 1.57. The number of carbonyl (C=O) groups excluding carboxylic acids is 4. The highest BCUT2D eigenvalue weighted by molar-refractivity contribution is 6.26. The third-order valence-electron chi connectivity index (χ3n) is 2.40. The number of barbiturate groups is 1. The number of amides is 4. The molecule has 1 heterocycles. The van der Waals surface area contributed by atoms with Crippen LogP contribution in [-0.2, 0) is 14.4 Å². The van der Waals surface area contributed by atoms with Crippen molar-refractivity contribution in [3.8, 4) is 0 Å². The number of ketones is 1.